The zero-order chi connectivity index (χ0) is 12.5. The molecule has 0 aliphatic carbocycles. The number of aromatic nitrogens is 1. The van der Waals surface area contributed by atoms with Crippen LogP contribution >= 0.6 is 11.3 Å². The minimum absolute atomic E-state index is 0.00181. The van der Waals surface area contributed by atoms with Crippen molar-refractivity contribution in [3.63, 3.8) is 0 Å². The van der Waals surface area contributed by atoms with Crippen molar-refractivity contribution in [1.82, 2.24) is 4.98 Å². The smallest absolute Gasteiger partial charge is 0.258 e. The molecular weight excluding hydrogens is 264 g/mol. The van der Waals surface area contributed by atoms with E-state index in [9.17, 15) is 18.5 Å². The van der Waals surface area contributed by atoms with Crippen LogP contribution in [-0.4, -0.2) is 18.3 Å². The summed E-state index contributed by atoms with van der Waals surface area (Å²) in [5.41, 5.74) is -0.150. The number of benzene rings is 1. The van der Waals surface area contributed by atoms with Gasteiger partial charge in [0, 0.05) is 23.7 Å². The number of thiazole rings is 1. The van der Waals surface area contributed by atoms with Crippen molar-refractivity contribution in [2.45, 2.75) is 9.24 Å². The van der Waals surface area contributed by atoms with Crippen LogP contribution in [0.15, 0.2) is 45.1 Å². The zero-order valence-corrected chi connectivity index (χ0v) is 9.94. The minimum Gasteiger partial charge on any atom is -0.258 e. The second-order valence-corrected chi connectivity index (χ2v) is 6.07. The van der Waals surface area contributed by atoms with Crippen LogP contribution in [0.3, 0.4) is 0 Å². The van der Waals surface area contributed by atoms with E-state index in [1.54, 1.807) is 5.38 Å². The van der Waals surface area contributed by atoms with Gasteiger partial charge >= 0.3 is 0 Å². The Morgan fingerprint density at radius 2 is 1.88 bits per heavy atom. The van der Waals surface area contributed by atoms with Crippen LogP contribution in [0.5, 0.6) is 0 Å². The van der Waals surface area contributed by atoms with Gasteiger partial charge in [-0.3, -0.25) is 10.1 Å². The first-order valence-corrected chi connectivity index (χ1v) is 6.77. The molecule has 0 spiro atoms. The lowest BCUT2D eigenvalue weighted by Crippen LogP contribution is -2.01. The molecule has 1 aromatic heterocycles. The van der Waals surface area contributed by atoms with Crippen LogP contribution in [0.25, 0.3) is 0 Å². The Bertz CT molecular complexity index is 632. The van der Waals surface area contributed by atoms with E-state index in [-0.39, 0.29) is 14.9 Å². The average Bonchev–Trinajstić information content (AvgIpc) is 2.83. The van der Waals surface area contributed by atoms with Gasteiger partial charge in [0.25, 0.3) is 5.69 Å². The Labute approximate surface area is 101 Å². The maximum Gasteiger partial charge on any atom is 0.269 e. The first-order chi connectivity index (χ1) is 8.01. The summed E-state index contributed by atoms with van der Waals surface area (Å²) < 4.78 is 23.9. The Morgan fingerprint density at radius 3 is 2.35 bits per heavy atom. The van der Waals surface area contributed by atoms with Crippen LogP contribution in [-0.2, 0) is 9.84 Å². The van der Waals surface area contributed by atoms with Gasteiger partial charge in [-0.15, -0.1) is 11.3 Å². The van der Waals surface area contributed by atoms with Crippen LogP contribution in [0.1, 0.15) is 0 Å². The summed E-state index contributed by atoms with van der Waals surface area (Å²) in [6.07, 6.45) is 1.39. The molecule has 0 amide bonds. The number of hydrogen-bond acceptors (Lipinski definition) is 6. The van der Waals surface area contributed by atoms with E-state index in [2.05, 4.69) is 4.98 Å². The van der Waals surface area contributed by atoms with Gasteiger partial charge in [-0.05, 0) is 12.1 Å². The number of nitrogens with zero attached hydrogens (tertiary/aromatic N) is 2. The molecular formula is C9H6N2O4S2. The Balaban J connectivity index is 2.45. The molecule has 0 bridgehead atoms. The van der Waals surface area contributed by atoms with E-state index in [0.29, 0.717) is 0 Å². The molecule has 0 N–H and O–H groups in total. The summed E-state index contributed by atoms with van der Waals surface area (Å²) >= 11 is 1.00. The lowest BCUT2D eigenvalue weighted by molar-refractivity contribution is -0.384. The largest absolute Gasteiger partial charge is 0.269 e. The summed E-state index contributed by atoms with van der Waals surface area (Å²) in [7, 11) is -3.65. The molecule has 17 heavy (non-hydrogen) atoms. The topological polar surface area (TPSA) is 90.2 Å². The number of non-ortho nitro benzene ring substituents is 1. The molecule has 0 fully saturated rings. The highest BCUT2D eigenvalue weighted by Crippen LogP contribution is 2.24. The Morgan fingerprint density at radius 1 is 1.24 bits per heavy atom. The van der Waals surface area contributed by atoms with Gasteiger partial charge in [0.2, 0.25) is 14.2 Å². The van der Waals surface area contributed by atoms with Crippen LogP contribution in [0, 0.1) is 10.1 Å². The molecule has 88 valence electrons. The van der Waals surface area contributed by atoms with E-state index in [0.717, 1.165) is 23.5 Å². The molecule has 2 aromatic rings. The van der Waals surface area contributed by atoms with Crippen molar-refractivity contribution in [3.05, 3.63) is 46.0 Å². The van der Waals surface area contributed by atoms with Gasteiger partial charge < -0.3 is 0 Å². The fourth-order valence-electron chi connectivity index (χ4n) is 1.19. The maximum absolute atomic E-state index is 12.0. The zero-order valence-electron chi connectivity index (χ0n) is 8.31. The predicted octanol–water partition coefficient (Wildman–Crippen LogP) is 1.88. The number of rotatable bonds is 3. The summed E-state index contributed by atoms with van der Waals surface area (Å²) in [6.45, 7) is 0. The van der Waals surface area contributed by atoms with Gasteiger partial charge in [-0.2, -0.15) is 0 Å². The van der Waals surface area contributed by atoms with Gasteiger partial charge in [0.1, 0.15) is 0 Å². The third kappa shape index (κ3) is 2.17. The van der Waals surface area contributed by atoms with Gasteiger partial charge in [0.15, 0.2) is 0 Å². The lowest BCUT2D eigenvalue weighted by atomic mass is 10.3. The van der Waals surface area contributed by atoms with E-state index >= 15 is 0 Å². The quantitative estimate of drug-likeness (QED) is 0.627. The minimum atomic E-state index is -3.65. The molecule has 0 unspecified atom stereocenters. The monoisotopic (exact) mass is 270 g/mol. The molecule has 0 atom stereocenters. The van der Waals surface area contributed by atoms with Crippen LogP contribution in [0.4, 0.5) is 5.69 Å². The molecule has 6 nitrogen and oxygen atoms in total. The SMILES string of the molecule is O=[N+]([O-])c1ccc(S(=O)(=O)c2nccs2)cc1. The Kier molecular flexibility index (Phi) is 2.90. The molecule has 0 aliphatic rings. The molecule has 0 aliphatic heterocycles. The van der Waals surface area contributed by atoms with Crippen LogP contribution in [0.2, 0.25) is 0 Å². The first-order valence-electron chi connectivity index (χ1n) is 4.41. The number of nitro groups is 1. The molecule has 2 rings (SSSR count). The van der Waals surface area contributed by atoms with Gasteiger partial charge in [-0.25, -0.2) is 13.4 Å². The van der Waals surface area contributed by atoms with Crippen molar-refractivity contribution in [1.29, 1.82) is 0 Å². The molecule has 1 aromatic carbocycles. The van der Waals surface area contributed by atoms with E-state index < -0.39 is 14.8 Å². The first kappa shape index (κ1) is 11.7. The van der Waals surface area contributed by atoms with E-state index in [1.807, 2.05) is 0 Å². The second kappa shape index (κ2) is 4.22. The van der Waals surface area contributed by atoms with Crippen molar-refractivity contribution in [3.8, 4) is 0 Å². The number of nitro benzene ring substituents is 1. The lowest BCUT2D eigenvalue weighted by Gasteiger charge is -1.99. The van der Waals surface area contributed by atoms with E-state index in [4.69, 9.17) is 0 Å². The third-order valence-electron chi connectivity index (χ3n) is 2.00. The molecule has 0 radical (unpaired) electrons. The average molecular weight is 270 g/mol. The number of hydrogen-bond donors (Lipinski definition) is 0. The van der Waals surface area contributed by atoms with Crippen LogP contribution < -0.4 is 0 Å². The molecule has 8 heteroatoms. The van der Waals surface area contributed by atoms with Crippen molar-refractivity contribution in [2.24, 2.45) is 0 Å². The normalized spacial score (nSPS) is 11.3. The summed E-state index contributed by atoms with van der Waals surface area (Å²) in [6, 6.07) is 4.71. The van der Waals surface area contributed by atoms with Crippen molar-refractivity contribution in [2.75, 3.05) is 0 Å². The van der Waals surface area contributed by atoms with Gasteiger partial charge in [0.05, 0.1) is 9.82 Å². The highest BCUT2D eigenvalue weighted by molar-refractivity contribution is 7.93. The standard InChI is InChI=1S/C9H6N2O4S2/c12-11(13)7-1-3-8(4-2-7)17(14,15)9-10-5-6-16-9/h1-6H. The molecule has 1 heterocycles. The van der Waals surface area contributed by atoms with E-state index in [1.165, 1.54) is 18.3 Å². The number of sulfone groups is 1. The highest BCUT2D eigenvalue weighted by Gasteiger charge is 2.21. The fourth-order valence-corrected chi connectivity index (χ4v) is 3.41. The third-order valence-corrected chi connectivity index (χ3v) is 4.97. The molecule has 0 saturated carbocycles. The highest BCUT2D eigenvalue weighted by atomic mass is 32.2. The van der Waals surface area contributed by atoms with Gasteiger partial charge in [-0.1, -0.05) is 0 Å². The molecule has 0 saturated heterocycles. The second-order valence-electron chi connectivity index (χ2n) is 3.05. The summed E-state index contributed by atoms with van der Waals surface area (Å²) in [5.74, 6) is 0. The maximum atomic E-state index is 12.0. The fraction of sp³-hybridized carbons (Fsp3) is 0. The Hall–Kier alpha value is -1.80. The van der Waals surface area contributed by atoms with Crippen molar-refractivity contribution < 1.29 is 13.3 Å². The van der Waals surface area contributed by atoms with Crippen molar-refractivity contribution >= 4 is 26.9 Å². The predicted molar refractivity (Wildman–Crippen MR) is 60.7 cm³/mol. The summed E-state index contributed by atoms with van der Waals surface area (Å²) in [4.78, 5) is 13.6. The summed E-state index contributed by atoms with van der Waals surface area (Å²) in [5, 5.41) is 12.0.